The monoisotopic (exact) mass is 712 g/mol. The first-order chi connectivity index (χ1) is 23.6. The molecular weight excluding hydrogens is 675 g/mol. The van der Waals surface area contributed by atoms with Crippen LogP contribution in [0.3, 0.4) is 0 Å². The number of amides is 3. The standard InChI is InChI=1S/C34H37ClF3N9O3/c1-21-5-8-28(39-18-21)46-20-25(29(42-46)34(36,37)38)27-19-40-30(43(27)2)31(48)41-23-6-7-24(26(35)17-23)33(50)45-13-11-44(12-14-45)32(49)22-9-15-47(3,4)16-10-22/h5-8,17-20,22H,9-16H2,1-4H3/p+1. The van der Waals surface area contributed by atoms with Gasteiger partial charge in [0, 0.05) is 70.1 Å². The minimum atomic E-state index is -4.79. The largest absolute Gasteiger partial charge is 0.435 e. The average molecular weight is 713 g/mol. The van der Waals surface area contributed by atoms with E-state index in [4.69, 9.17) is 11.6 Å². The van der Waals surface area contributed by atoms with Crippen molar-refractivity contribution in [3.8, 4) is 17.1 Å². The van der Waals surface area contributed by atoms with E-state index in [0.29, 0.717) is 26.2 Å². The number of hydrogen-bond donors (Lipinski definition) is 1. The van der Waals surface area contributed by atoms with Crippen molar-refractivity contribution in [1.82, 2.24) is 34.1 Å². The zero-order chi connectivity index (χ0) is 36.0. The van der Waals surface area contributed by atoms with Gasteiger partial charge in [-0.3, -0.25) is 14.4 Å². The number of quaternary nitrogens is 1. The van der Waals surface area contributed by atoms with E-state index in [2.05, 4.69) is 34.5 Å². The molecule has 264 valence electrons. The minimum absolute atomic E-state index is 0.0172. The van der Waals surface area contributed by atoms with Crippen LogP contribution in [0.4, 0.5) is 18.9 Å². The van der Waals surface area contributed by atoms with E-state index in [1.807, 2.05) is 11.8 Å². The lowest BCUT2D eigenvalue weighted by molar-refractivity contribution is -0.895. The number of likely N-dealkylation sites (tertiary alicyclic amines) is 1. The van der Waals surface area contributed by atoms with Gasteiger partial charge in [0.1, 0.15) is 0 Å². The molecule has 0 bridgehead atoms. The van der Waals surface area contributed by atoms with Crippen LogP contribution in [0, 0.1) is 12.8 Å². The number of pyridine rings is 1. The molecule has 2 aliphatic heterocycles. The van der Waals surface area contributed by atoms with Crippen molar-refractivity contribution in [2.75, 3.05) is 58.7 Å². The van der Waals surface area contributed by atoms with Crippen molar-refractivity contribution < 1.29 is 32.0 Å². The molecule has 6 rings (SSSR count). The molecule has 0 spiro atoms. The molecule has 0 aliphatic carbocycles. The Balaban J connectivity index is 1.11. The Morgan fingerprint density at radius 1 is 0.960 bits per heavy atom. The third kappa shape index (κ3) is 7.24. The number of nitrogens with zero attached hydrogens (tertiary/aromatic N) is 8. The van der Waals surface area contributed by atoms with E-state index in [9.17, 15) is 27.6 Å². The highest BCUT2D eigenvalue weighted by Crippen LogP contribution is 2.37. The number of carbonyl (C=O) groups excluding carboxylic acids is 3. The van der Waals surface area contributed by atoms with E-state index in [1.54, 1.807) is 17.0 Å². The van der Waals surface area contributed by atoms with Gasteiger partial charge in [0.2, 0.25) is 5.91 Å². The van der Waals surface area contributed by atoms with Gasteiger partial charge in [0.25, 0.3) is 11.8 Å². The highest BCUT2D eigenvalue weighted by Gasteiger charge is 2.39. The molecule has 16 heteroatoms. The van der Waals surface area contributed by atoms with Gasteiger partial charge in [-0.25, -0.2) is 14.6 Å². The molecule has 0 saturated carbocycles. The molecule has 4 aromatic rings. The van der Waals surface area contributed by atoms with Crippen LogP contribution in [-0.4, -0.2) is 110 Å². The first kappa shape index (κ1) is 35.1. The highest BCUT2D eigenvalue weighted by molar-refractivity contribution is 6.34. The van der Waals surface area contributed by atoms with Crippen LogP contribution in [-0.2, 0) is 18.0 Å². The molecule has 5 heterocycles. The number of rotatable bonds is 6. The first-order valence-electron chi connectivity index (χ1n) is 16.2. The predicted molar refractivity (Wildman–Crippen MR) is 180 cm³/mol. The maximum Gasteiger partial charge on any atom is 0.435 e. The van der Waals surface area contributed by atoms with Crippen LogP contribution in [0.1, 0.15) is 45.1 Å². The van der Waals surface area contributed by atoms with Crippen molar-refractivity contribution in [3.05, 3.63) is 76.6 Å². The van der Waals surface area contributed by atoms with Gasteiger partial charge in [-0.15, -0.1) is 0 Å². The van der Waals surface area contributed by atoms with Gasteiger partial charge < -0.3 is 24.2 Å². The Kier molecular flexibility index (Phi) is 9.48. The number of imidazole rings is 1. The molecule has 0 unspecified atom stereocenters. The van der Waals surface area contributed by atoms with E-state index in [1.165, 1.54) is 48.4 Å². The van der Waals surface area contributed by atoms with Gasteiger partial charge in [-0.05, 0) is 36.8 Å². The Hall–Kier alpha value is -4.76. The second-order valence-electron chi connectivity index (χ2n) is 13.5. The Labute approximate surface area is 292 Å². The van der Waals surface area contributed by atoms with Crippen LogP contribution in [0.15, 0.2) is 48.9 Å². The van der Waals surface area contributed by atoms with Crippen LogP contribution >= 0.6 is 11.6 Å². The molecule has 1 aromatic carbocycles. The van der Waals surface area contributed by atoms with Crippen molar-refractivity contribution in [1.29, 1.82) is 0 Å². The number of alkyl halides is 3. The summed E-state index contributed by atoms with van der Waals surface area (Å²) in [5, 5.41) is 6.51. The molecule has 0 radical (unpaired) electrons. The van der Waals surface area contributed by atoms with Crippen molar-refractivity contribution in [3.63, 3.8) is 0 Å². The van der Waals surface area contributed by atoms with E-state index >= 15 is 0 Å². The Morgan fingerprint density at radius 2 is 1.64 bits per heavy atom. The maximum atomic E-state index is 14.0. The van der Waals surface area contributed by atoms with Gasteiger partial charge >= 0.3 is 6.18 Å². The van der Waals surface area contributed by atoms with Crippen LogP contribution in [0.25, 0.3) is 17.1 Å². The fraction of sp³-hybridized carbons (Fsp3) is 0.412. The Bertz CT molecular complexity index is 1920. The smallest absolute Gasteiger partial charge is 0.339 e. The summed E-state index contributed by atoms with van der Waals surface area (Å²) in [7, 11) is 5.78. The fourth-order valence-electron chi connectivity index (χ4n) is 6.38. The summed E-state index contributed by atoms with van der Waals surface area (Å²) in [6.45, 7) is 5.40. The van der Waals surface area contributed by atoms with E-state index < -0.39 is 17.8 Å². The number of piperidine rings is 1. The van der Waals surface area contributed by atoms with Crippen molar-refractivity contribution in [2.45, 2.75) is 25.9 Å². The van der Waals surface area contributed by atoms with Gasteiger partial charge in [-0.2, -0.15) is 18.3 Å². The number of piperazine rings is 1. The van der Waals surface area contributed by atoms with Gasteiger partial charge in [0.15, 0.2) is 17.3 Å². The summed E-state index contributed by atoms with van der Waals surface area (Å²) in [5.74, 6) is -0.763. The van der Waals surface area contributed by atoms with E-state index in [-0.39, 0.29) is 56.9 Å². The summed E-state index contributed by atoms with van der Waals surface area (Å²) < 4.78 is 45.3. The second kappa shape index (κ2) is 13.5. The first-order valence-corrected chi connectivity index (χ1v) is 16.6. The van der Waals surface area contributed by atoms with Crippen molar-refractivity contribution in [2.24, 2.45) is 13.0 Å². The zero-order valence-corrected chi connectivity index (χ0v) is 28.9. The normalized spacial score (nSPS) is 16.8. The van der Waals surface area contributed by atoms with Gasteiger partial charge in [0.05, 0.1) is 55.2 Å². The highest BCUT2D eigenvalue weighted by atomic mass is 35.5. The number of benzene rings is 1. The number of carbonyl (C=O) groups is 3. The SMILES string of the molecule is Cc1ccc(-n2cc(-c3cnc(C(=O)Nc4ccc(C(=O)N5CCN(C(=O)C6CC[N+](C)(C)CC6)CC5)c(Cl)c4)n3C)c(C(F)(F)F)n2)nc1. The lowest BCUT2D eigenvalue weighted by Gasteiger charge is -2.40. The summed E-state index contributed by atoms with van der Waals surface area (Å²) in [5.41, 5.74) is -0.0626. The topological polar surface area (TPSA) is 118 Å². The molecule has 3 amide bonds. The summed E-state index contributed by atoms with van der Waals surface area (Å²) in [6.07, 6.45) is 0.830. The Morgan fingerprint density at radius 3 is 2.26 bits per heavy atom. The average Bonchev–Trinajstić information content (AvgIpc) is 3.69. The van der Waals surface area contributed by atoms with E-state index in [0.717, 1.165) is 40.7 Å². The number of anilines is 1. The second-order valence-corrected chi connectivity index (χ2v) is 13.9. The number of halogens is 4. The summed E-state index contributed by atoms with van der Waals surface area (Å²) >= 11 is 6.51. The third-order valence-corrected chi connectivity index (χ3v) is 9.74. The minimum Gasteiger partial charge on any atom is -0.339 e. The number of aromatic nitrogens is 5. The molecule has 2 fully saturated rings. The van der Waals surface area contributed by atoms with Crippen LogP contribution < -0.4 is 5.32 Å². The lowest BCUT2D eigenvalue weighted by atomic mass is 9.94. The number of aryl methyl sites for hydroxylation is 1. The molecule has 0 atom stereocenters. The molecule has 2 aliphatic rings. The predicted octanol–water partition coefficient (Wildman–Crippen LogP) is 4.67. The van der Waals surface area contributed by atoms with Crippen LogP contribution in [0.5, 0.6) is 0 Å². The molecule has 3 aromatic heterocycles. The molecule has 1 N–H and O–H groups in total. The third-order valence-electron chi connectivity index (χ3n) is 9.43. The van der Waals surface area contributed by atoms with Crippen LogP contribution in [0.2, 0.25) is 5.02 Å². The van der Waals surface area contributed by atoms with Gasteiger partial charge in [-0.1, -0.05) is 17.7 Å². The lowest BCUT2D eigenvalue weighted by Crippen LogP contribution is -2.54. The molecule has 2 saturated heterocycles. The number of nitrogens with one attached hydrogen (secondary N) is 1. The maximum absolute atomic E-state index is 14.0. The number of hydrogen-bond acceptors (Lipinski definition) is 6. The molecular formula is C34H38ClF3N9O3+. The molecule has 12 nitrogen and oxygen atoms in total. The summed E-state index contributed by atoms with van der Waals surface area (Å²) in [6, 6.07) is 7.72. The summed E-state index contributed by atoms with van der Waals surface area (Å²) in [4.78, 5) is 51.5. The quantitative estimate of drug-likeness (QED) is 0.291. The fourth-order valence-corrected chi connectivity index (χ4v) is 6.64. The zero-order valence-electron chi connectivity index (χ0n) is 28.2. The molecule has 50 heavy (non-hydrogen) atoms. The van der Waals surface area contributed by atoms with Crippen molar-refractivity contribution >= 4 is 35.0 Å².